The van der Waals surface area contributed by atoms with Crippen molar-refractivity contribution < 1.29 is 38.9 Å². The van der Waals surface area contributed by atoms with E-state index in [0.717, 1.165) is 4.47 Å². The molecule has 0 spiro atoms. The minimum Gasteiger partial charge on any atom is -0.464 e. The maximum atomic E-state index is 12.2. The first kappa shape index (κ1) is 47.1. The van der Waals surface area contributed by atoms with Crippen LogP contribution in [0.15, 0.2) is 77.5 Å². The smallest absolute Gasteiger partial charge is 0.359 e. The van der Waals surface area contributed by atoms with E-state index in [0.29, 0.717) is 69.6 Å². The minimum absolute atomic E-state index is 0. The standard InChI is InChI=1S/C22H17N5O4.C15H9BrN4O2.C7H9NO2.CH4/c1-26-9-7-22(30,21(26)29)6-5-14-10-15(13-23)12-16(11-14)27-19-17(4-3-8-24-19)18(25-27)20(28)31-2;1-22-15(21)13-12-3-2-4-18-14(12)20(19-13)11-6-9(8-17)5-10(16)7-11;1-3-7(10)4-5-8(2)6(7)9;/h3-4,8,10-12,30H,7,9H2,1-2H3;2-7H,1H3;1,10H,4-5H2,2H3;1H4/t22-;;7-;/m0.0./s1. The lowest BCUT2D eigenvalue weighted by atomic mass is 10.0. The Morgan fingerprint density at radius 3 is 1.62 bits per heavy atom. The van der Waals surface area contributed by atoms with Crippen molar-refractivity contribution in [1.82, 2.24) is 39.3 Å². The topological polar surface area (TPSA) is 243 Å². The minimum atomic E-state index is -1.75. The second-order valence-corrected chi connectivity index (χ2v) is 14.9. The van der Waals surface area contributed by atoms with Crippen LogP contribution in [-0.2, 0) is 19.1 Å². The summed E-state index contributed by atoms with van der Waals surface area (Å²) < 4.78 is 13.2. The van der Waals surface area contributed by atoms with Crippen molar-refractivity contribution in [2.45, 2.75) is 31.5 Å². The number of ether oxygens (including phenoxy) is 2. The number of pyridine rings is 2. The average Bonchev–Trinajstić information content (AvgIpc) is 4.04. The van der Waals surface area contributed by atoms with Crippen LogP contribution in [0.3, 0.4) is 0 Å². The zero-order valence-electron chi connectivity index (χ0n) is 34.0. The Bertz CT molecular complexity index is 3020. The Morgan fingerprint density at radius 1 is 0.750 bits per heavy atom. The lowest BCUT2D eigenvalue weighted by molar-refractivity contribution is -0.138. The molecule has 2 fully saturated rings. The van der Waals surface area contributed by atoms with Gasteiger partial charge >= 0.3 is 11.9 Å². The molecule has 2 aliphatic rings. The maximum Gasteiger partial charge on any atom is 0.359 e. The maximum absolute atomic E-state index is 12.2. The second-order valence-electron chi connectivity index (χ2n) is 14.0. The van der Waals surface area contributed by atoms with Crippen LogP contribution in [-0.4, -0.2) is 126 Å². The highest BCUT2D eigenvalue weighted by molar-refractivity contribution is 9.10. The quantitative estimate of drug-likeness (QED) is 0.189. The predicted octanol–water partition coefficient (Wildman–Crippen LogP) is 3.71. The summed E-state index contributed by atoms with van der Waals surface area (Å²) in [6.07, 6.45) is 8.70. The van der Waals surface area contributed by atoms with E-state index in [-0.39, 0.29) is 31.1 Å². The number of terminal acetylenes is 1. The predicted molar refractivity (Wildman–Crippen MR) is 234 cm³/mol. The number of esters is 2. The summed E-state index contributed by atoms with van der Waals surface area (Å²) in [4.78, 5) is 58.6. The number of fused-ring (bicyclic) bond motifs is 2. The second kappa shape index (κ2) is 19.4. The number of nitriles is 2. The lowest BCUT2D eigenvalue weighted by Gasteiger charge is -2.13. The molecular weight excluding hydrogens is 888 g/mol. The highest BCUT2D eigenvalue weighted by Crippen LogP contribution is 2.26. The SMILES string of the molecule is C.C#C[C@]1(O)CCN(C)C1=O.COC(=O)c1nn(-c2cc(Br)cc(C#N)c2)c2ncccc12.COC(=O)c1nn(-c2cc(C#N)cc(C#C[C@]3(O)CCN(C)C3=O)c2)c2ncccc12. The summed E-state index contributed by atoms with van der Waals surface area (Å²) in [5.41, 5.74) is 0.181. The number of aromatic nitrogens is 6. The molecular formula is C45H39BrN10O8. The zero-order valence-corrected chi connectivity index (χ0v) is 35.6. The molecule has 0 radical (unpaired) electrons. The number of carbonyl (C=O) groups is 4. The van der Waals surface area contributed by atoms with Gasteiger partial charge in [-0.3, -0.25) is 9.59 Å². The Hall–Kier alpha value is -7.94. The van der Waals surface area contributed by atoms with Gasteiger partial charge < -0.3 is 29.5 Å². The molecule has 8 rings (SSSR count). The van der Waals surface area contributed by atoms with E-state index in [2.05, 4.69) is 66.0 Å². The van der Waals surface area contributed by atoms with E-state index in [1.807, 2.05) is 0 Å². The van der Waals surface area contributed by atoms with Gasteiger partial charge in [0, 0.05) is 62.5 Å². The van der Waals surface area contributed by atoms with Crippen LogP contribution in [0, 0.1) is 46.8 Å². The third-order valence-electron chi connectivity index (χ3n) is 9.86. The van der Waals surface area contributed by atoms with E-state index >= 15 is 0 Å². The number of hydrogen-bond acceptors (Lipinski definition) is 14. The molecule has 324 valence electrons. The highest BCUT2D eigenvalue weighted by Gasteiger charge is 2.43. The fourth-order valence-electron chi connectivity index (χ4n) is 6.52. The van der Waals surface area contributed by atoms with Gasteiger partial charge in [-0.2, -0.15) is 20.7 Å². The monoisotopic (exact) mass is 926 g/mol. The number of benzene rings is 2. The summed E-state index contributed by atoms with van der Waals surface area (Å²) in [5.74, 6) is 5.56. The number of halogens is 1. The average molecular weight is 928 g/mol. The summed E-state index contributed by atoms with van der Waals surface area (Å²) >= 11 is 3.36. The molecule has 6 aromatic rings. The van der Waals surface area contributed by atoms with Crippen LogP contribution in [0.2, 0.25) is 0 Å². The summed E-state index contributed by atoms with van der Waals surface area (Å²) in [7, 11) is 5.79. The Balaban J connectivity index is 0.000000203. The van der Waals surface area contributed by atoms with Crippen molar-refractivity contribution in [3.05, 3.63) is 106 Å². The number of nitrogens with zero attached hydrogens (tertiary/aromatic N) is 10. The van der Waals surface area contributed by atoms with Crippen molar-refractivity contribution in [1.29, 1.82) is 10.5 Å². The fraction of sp³-hybridized carbons (Fsp3) is 0.244. The van der Waals surface area contributed by atoms with E-state index < -0.39 is 29.0 Å². The number of methoxy groups -OCH3 is 2. The molecule has 0 unspecified atom stereocenters. The van der Waals surface area contributed by atoms with Gasteiger partial charge in [0.2, 0.25) is 11.2 Å². The van der Waals surface area contributed by atoms with E-state index in [1.54, 1.807) is 87.2 Å². The van der Waals surface area contributed by atoms with Gasteiger partial charge in [0.05, 0.1) is 59.6 Å². The third kappa shape index (κ3) is 9.43. The van der Waals surface area contributed by atoms with Gasteiger partial charge in [-0.1, -0.05) is 41.1 Å². The molecule has 6 heterocycles. The number of likely N-dealkylation sites (tertiary alicyclic amines) is 2. The molecule has 0 saturated carbocycles. The Labute approximate surface area is 375 Å². The van der Waals surface area contributed by atoms with Crippen LogP contribution in [0.5, 0.6) is 0 Å². The van der Waals surface area contributed by atoms with Gasteiger partial charge in [0.25, 0.3) is 11.8 Å². The number of amides is 2. The van der Waals surface area contributed by atoms with Crippen LogP contribution >= 0.6 is 15.9 Å². The number of likely N-dealkylation sites (N-methyl/N-ethyl adjacent to an activating group) is 2. The highest BCUT2D eigenvalue weighted by atomic mass is 79.9. The summed E-state index contributed by atoms with van der Waals surface area (Å²) in [6.45, 7) is 0.953. The molecule has 2 amide bonds. The van der Waals surface area contributed by atoms with Gasteiger partial charge in [-0.15, -0.1) is 6.42 Å². The number of aliphatic hydroxyl groups is 2. The van der Waals surface area contributed by atoms with Gasteiger partial charge in [0.1, 0.15) is 0 Å². The first-order valence-corrected chi connectivity index (χ1v) is 19.5. The molecule has 2 saturated heterocycles. The van der Waals surface area contributed by atoms with Crippen molar-refractivity contribution >= 4 is 61.7 Å². The first-order valence-electron chi connectivity index (χ1n) is 18.7. The number of hydrogen-bond donors (Lipinski definition) is 2. The molecule has 64 heavy (non-hydrogen) atoms. The van der Waals surface area contributed by atoms with Crippen LogP contribution in [0.4, 0.5) is 0 Å². The van der Waals surface area contributed by atoms with Crippen LogP contribution in [0.1, 0.15) is 57.9 Å². The molecule has 0 aliphatic carbocycles. The van der Waals surface area contributed by atoms with E-state index in [9.17, 15) is 34.7 Å². The summed E-state index contributed by atoms with van der Waals surface area (Å²) in [5, 5.41) is 48.1. The van der Waals surface area contributed by atoms with E-state index in [1.165, 1.54) is 33.4 Å². The molecule has 4 aromatic heterocycles. The van der Waals surface area contributed by atoms with Gasteiger partial charge in [-0.05, 0) is 60.7 Å². The van der Waals surface area contributed by atoms with Gasteiger partial charge in [0.15, 0.2) is 22.7 Å². The third-order valence-corrected chi connectivity index (χ3v) is 10.3. The summed E-state index contributed by atoms with van der Waals surface area (Å²) in [6, 6.07) is 20.9. The number of carbonyl (C=O) groups excluding carboxylic acids is 4. The van der Waals surface area contributed by atoms with Crippen molar-refractivity contribution in [3.63, 3.8) is 0 Å². The molecule has 2 aromatic carbocycles. The van der Waals surface area contributed by atoms with Crippen LogP contribution < -0.4 is 0 Å². The fourth-order valence-corrected chi connectivity index (χ4v) is 7.00. The largest absolute Gasteiger partial charge is 0.464 e. The van der Waals surface area contributed by atoms with Crippen LogP contribution in [0.25, 0.3) is 33.4 Å². The van der Waals surface area contributed by atoms with Crippen molar-refractivity contribution in [3.8, 4) is 47.7 Å². The molecule has 18 nitrogen and oxygen atoms in total. The number of rotatable bonds is 4. The molecule has 2 atom stereocenters. The first-order chi connectivity index (χ1) is 30.1. The van der Waals surface area contributed by atoms with Gasteiger partial charge in [-0.25, -0.2) is 28.9 Å². The van der Waals surface area contributed by atoms with Crippen molar-refractivity contribution in [2.24, 2.45) is 0 Å². The molecule has 2 N–H and O–H groups in total. The normalized spacial score (nSPS) is 17.3. The molecule has 2 aliphatic heterocycles. The lowest BCUT2D eigenvalue weighted by Crippen LogP contribution is -2.37. The zero-order chi connectivity index (χ0) is 45.6. The Morgan fingerprint density at radius 2 is 1.20 bits per heavy atom. The van der Waals surface area contributed by atoms with E-state index in [4.69, 9.17) is 21.2 Å². The Kier molecular flexibility index (Phi) is 14.3. The molecule has 19 heteroatoms. The van der Waals surface area contributed by atoms with Crippen molar-refractivity contribution in [2.75, 3.05) is 41.4 Å². The molecule has 0 bridgehead atoms.